The first kappa shape index (κ1) is 19.0. The van der Waals surface area contributed by atoms with Crippen molar-refractivity contribution in [1.82, 2.24) is 10.2 Å². The summed E-state index contributed by atoms with van der Waals surface area (Å²) in [5.41, 5.74) is 3.63. The van der Waals surface area contributed by atoms with Crippen molar-refractivity contribution in [2.45, 2.75) is 23.9 Å². The van der Waals surface area contributed by atoms with E-state index in [1.165, 1.54) is 35.2 Å². The van der Waals surface area contributed by atoms with Gasteiger partial charge in [-0.3, -0.25) is 20.2 Å². The molecule has 0 saturated carbocycles. The molecule has 0 unspecified atom stereocenters. The van der Waals surface area contributed by atoms with E-state index in [-0.39, 0.29) is 11.6 Å². The van der Waals surface area contributed by atoms with Gasteiger partial charge in [-0.25, -0.2) is 0 Å². The molecule has 3 aromatic rings. The number of aromatic nitrogens is 2. The molecule has 0 fully saturated rings. The van der Waals surface area contributed by atoms with E-state index in [9.17, 15) is 14.9 Å². The molecule has 138 valence electrons. The highest BCUT2D eigenvalue weighted by atomic mass is 32.2. The van der Waals surface area contributed by atoms with Crippen LogP contribution in [0.5, 0.6) is 0 Å². The Morgan fingerprint density at radius 2 is 2.00 bits per heavy atom. The van der Waals surface area contributed by atoms with Gasteiger partial charge in [-0.2, -0.15) is 0 Å². The third-order valence-electron chi connectivity index (χ3n) is 3.88. The highest BCUT2D eigenvalue weighted by Gasteiger charge is 2.12. The van der Waals surface area contributed by atoms with Crippen molar-refractivity contribution in [3.8, 4) is 0 Å². The molecule has 0 aliphatic heterocycles. The van der Waals surface area contributed by atoms with Crippen molar-refractivity contribution in [2.24, 2.45) is 0 Å². The van der Waals surface area contributed by atoms with Crippen LogP contribution in [0.2, 0.25) is 0 Å². The molecule has 0 atom stereocenters. The van der Waals surface area contributed by atoms with E-state index in [0.29, 0.717) is 20.8 Å². The number of benzene rings is 2. The number of hydrogen-bond acceptors (Lipinski definition) is 7. The van der Waals surface area contributed by atoms with Crippen molar-refractivity contribution < 1.29 is 9.72 Å². The van der Waals surface area contributed by atoms with E-state index in [4.69, 9.17) is 0 Å². The van der Waals surface area contributed by atoms with Crippen molar-refractivity contribution in [2.75, 3.05) is 5.32 Å². The topological polar surface area (TPSA) is 98.0 Å². The monoisotopic (exact) mass is 400 g/mol. The molecule has 0 aliphatic carbocycles. The zero-order valence-electron chi connectivity index (χ0n) is 14.6. The van der Waals surface area contributed by atoms with Gasteiger partial charge in [0.05, 0.1) is 4.92 Å². The molecule has 0 radical (unpaired) electrons. The maximum absolute atomic E-state index is 12.3. The standard InChI is InChI=1S/C18H16N4O3S2/c1-11-6-7-14(8-12(11)2)16(23)19-17-20-21-18(27-17)26-10-13-4-3-5-15(9-13)22(24)25/h3-9H,10H2,1-2H3,(H,19,20,23). The average molecular weight is 400 g/mol. The second-order valence-corrected chi connectivity index (χ2v) is 8.04. The molecule has 7 nitrogen and oxygen atoms in total. The minimum atomic E-state index is -0.417. The number of rotatable bonds is 6. The Bertz CT molecular complexity index is 1000. The minimum absolute atomic E-state index is 0.0618. The Morgan fingerprint density at radius 3 is 2.74 bits per heavy atom. The second-order valence-electron chi connectivity index (χ2n) is 5.84. The predicted octanol–water partition coefficient (Wildman–Crippen LogP) is 4.61. The molecule has 0 saturated heterocycles. The van der Waals surface area contributed by atoms with Crippen molar-refractivity contribution in [3.05, 3.63) is 74.8 Å². The molecule has 0 aliphatic rings. The van der Waals surface area contributed by atoms with Crippen LogP contribution in [-0.4, -0.2) is 21.0 Å². The van der Waals surface area contributed by atoms with Crippen LogP contribution < -0.4 is 5.32 Å². The molecule has 27 heavy (non-hydrogen) atoms. The van der Waals surface area contributed by atoms with Gasteiger partial charge in [0.25, 0.3) is 11.6 Å². The van der Waals surface area contributed by atoms with E-state index in [1.807, 2.05) is 32.0 Å². The summed E-state index contributed by atoms with van der Waals surface area (Å²) in [5, 5.41) is 22.0. The van der Waals surface area contributed by atoms with Crippen LogP contribution in [0, 0.1) is 24.0 Å². The van der Waals surface area contributed by atoms with Gasteiger partial charge < -0.3 is 0 Å². The number of nitrogens with zero attached hydrogens (tertiary/aromatic N) is 3. The molecule has 0 spiro atoms. The molecule has 0 bridgehead atoms. The quantitative estimate of drug-likeness (QED) is 0.281. The van der Waals surface area contributed by atoms with Gasteiger partial charge >= 0.3 is 0 Å². The van der Waals surface area contributed by atoms with Crippen LogP contribution in [0.1, 0.15) is 27.0 Å². The van der Waals surface area contributed by atoms with Crippen molar-refractivity contribution in [1.29, 1.82) is 0 Å². The smallest absolute Gasteiger partial charge is 0.269 e. The molecule has 1 N–H and O–H groups in total. The molecule has 1 heterocycles. The summed E-state index contributed by atoms with van der Waals surface area (Å²) < 4.78 is 0.678. The number of aryl methyl sites for hydroxylation is 2. The fraction of sp³-hybridized carbons (Fsp3) is 0.167. The van der Waals surface area contributed by atoms with E-state index < -0.39 is 4.92 Å². The lowest BCUT2D eigenvalue weighted by Gasteiger charge is -2.04. The number of carbonyl (C=O) groups is 1. The molecule has 1 amide bonds. The number of carbonyl (C=O) groups excluding carboxylic acids is 1. The van der Waals surface area contributed by atoms with Crippen LogP contribution in [0.4, 0.5) is 10.8 Å². The number of amides is 1. The number of hydrogen-bond donors (Lipinski definition) is 1. The molecule has 9 heteroatoms. The number of non-ortho nitro benzene ring substituents is 1. The third kappa shape index (κ3) is 4.89. The summed E-state index contributed by atoms with van der Waals surface area (Å²) in [6.45, 7) is 3.95. The Labute approximate surface area is 164 Å². The summed E-state index contributed by atoms with van der Waals surface area (Å²) in [6, 6.07) is 12.0. The average Bonchev–Trinajstić information content (AvgIpc) is 3.09. The number of thioether (sulfide) groups is 1. The highest BCUT2D eigenvalue weighted by Crippen LogP contribution is 2.29. The van der Waals surface area contributed by atoms with Crippen LogP contribution in [0.3, 0.4) is 0 Å². The Hall–Kier alpha value is -2.78. The van der Waals surface area contributed by atoms with Crippen LogP contribution in [-0.2, 0) is 5.75 Å². The van der Waals surface area contributed by atoms with Crippen molar-refractivity contribution >= 4 is 39.8 Å². The Kier molecular flexibility index (Phi) is 5.82. The second kappa shape index (κ2) is 8.28. The molecule has 3 rings (SSSR count). The van der Waals surface area contributed by atoms with E-state index in [2.05, 4.69) is 15.5 Å². The maximum Gasteiger partial charge on any atom is 0.269 e. The lowest BCUT2D eigenvalue weighted by atomic mass is 10.1. The molecule has 2 aromatic carbocycles. The summed E-state index contributed by atoms with van der Waals surface area (Å²) in [4.78, 5) is 22.7. The van der Waals surface area contributed by atoms with Gasteiger partial charge in [-0.1, -0.05) is 41.3 Å². The summed E-state index contributed by atoms with van der Waals surface area (Å²) in [6.07, 6.45) is 0. The number of nitrogens with one attached hydrogen (secondary N) is 1. The van der Waals surface area contributed by atoms with Crippen LogP contribution >= 0.6 is 23.1 Å². The van der Waals surface area contributed by atoms with Gasteiger partial charge in [-0.15, -0.1) is 10.2 Å². The van der Waals surface area contributed by atoms with Gasteiger partial charge in [0.2, 0.25) is 5.13 Å². The van der Waals surface area contributed by atoms with Crippen molar-refractivity contribution in [3.63, 3.8) is 0 Å². The molecular formula is C18H16N4O3S2. The van der Waals surface area contributed by atoms with Gasteiger partial charge in [0.15, 0.2) is 4.34 Å². The van der Waals surface area contributed by atoms with E-state index in [1.54, 1.807) is 12.1 Å². The van der Waals surface area contributed by atoms with E-state index in [0.717, 1.165) is 16.7 Å². The first-order chi connectivity index (χ1) is 12.9. The normalized spacial score (nSPS) is 10.6. The SMILES string of the molecule is Cc1ccc(C(=O)Nc2nnc(SCc3cccc([N+](=O)[O-])c3)s2)cc1C. The molecule has 1 aromatic heterocycles. The fourth-order valence-electron chi connectivity index (χ4n) is 2.28. The fourth-order valence-corrected chi connectivity index (χ4v) is 3.97. The summed E-state index contributed by atoms with van der Waals surface area (Å²) in [7, 11) is 0. The number of nitro groups is 1. The zero-order valence-corrected chi connectivity index (χ0v) is 16.3. The number of nitro benzene ring substituents is 1. The van der Waals surface area contributed by atoms with Gasteiger partial charge in [0, 0.05) is 23.4 Å². The lowest BCUT2D eigenvalue weighted by molar-refractivity contribution is -0.384. The Morgan fingerprint density at radius 1 is 1.19 bits per heavy atom. The first-order valence-electron chi connectivity index (χ1n) is 8.00. The minimum Gasteiger partial charge on any atom is -0.296 e. The molecular weight excluding hydrogens is 384 g/mol. The third-order valence-corrected chi connectivity index (χ3v) is 5.92. The highest BCUT2D eigenvalue weighted by molar-refractivity contribution is 8.00. The predicted molar refractivity (Wildman–Crippen MR) is 106 cm³/mol. The maximum atomic E-state index is 12.3. The Balaban J connectivity index is 1.61. The summed E-state index contributed by atoms with van der Waals surface area (Å²) >= 11 is 2.68. The van der Waals surface area contributed by atoms with E-state index >= 15 is 0 Å². The van der Waals surface area contributed by atoms with Crippen LogP contribution in [0.15, 0.2) is 46.8 Å². The van der Waals surface area contributed by atoms with Gasteiger partial charge in [0.1, 0.15) is 0 Å². The lowest BCUT2D eigenvalue weighted by Crippen LogP contribution is -2.12. The van der Waals surface area contributed by atoms with Gasteiger partial charge in [-0.05, 0) is 42.7 Å². The number of anilines is 1. The summed E-state index contributed by atoms with van der Waals surface area (Å²) in [5.74, 6) is 0.297. The van der Waals surface area contributed by atoms with Crippen LogP contribution in [0.25, 0.3) is 0 Å². The largest absolute Gasteiger partial charge is 0.296 e. The zero-order chi connectivity index (χ0) is 19.4. The first-order valence-corrected chi connectivity index (χ1v) is 9.81.